The Morgan fingerprint density at radius 1 is 1.15 bits per heavy atom. The van der Waals surface area contributed by atoms with Crippen molar-refractivity contribution in [3.8, 4) is 0 Å². The van der Waals surface area contributed by atoms with E-state index in [0.29, 0.717) is 19.8 Å². The number of ether oxygens (including phenoxy) is 3. The van der Waals surface area contributed by atoms with Gasteiger partial charge in [0.1, 0.15) is 6.61 Å². The first kappa shape index (κ1) is 12.9. The van der Waals surface area contributed by atoms with Gasteiger partial charge in [0.2, 0.25) is 0 Å². The Bertz CT molecular complexity index is 125. The van der Waals surface area contributed by atoms with Gasteiger partial charge in [0.05, 0.1) is 6.10 Å². The summed E-state index contributed by atoms with van der Waals surface area (Å²) in [4.78, 5) is 0. The molecule has 0 radical (unpaired) electrons. The minimum absolute atomic E-state index is 0.150. The molecular formula is C10H22O3. The van der Waals surface area contributed by atoms with Crippen LogP contribution in [0.15, 0.2) is 0 Å². The average Bonchev–Trinajstić information content (AvgIpc) is 2.00. The first-order valence-electron chi connectivity index (χ1n) is 4.93. The van der Waals surface area contributed by atoms with Crippen LogP contribution in [-0.2, 0) is 14.2 Å². The lowest BCUT2D eigenvalue weighted by Crippen LogP contribution is -2.39. The molecule has 0 saturated heterocycles. The van der Waals surface area contributed by atoms with Crippen molar-refractivity contribution in [3.05, 3.63) is 0 Å². The molecular weight excluding hydrogens is 168 g/mol. The van der Waals surface area contributed by atoms with E-state index in [9.17, 15) is 0 Å². The SMILES string of the molecule is CCOCC(C)(OCC)OC(C)C. The molecule has 1 unspecified atom stereocenters. The third-order valence-electron chi connectivity index (χ3n) is 1.50. The van der Waals surface area contributed by atoms with Crippen LogP contribution in [0, 0.1) is 0 Å². The van der Waals surface area contributed by atoms with Crippen LogP contribution in [0.4, 0.5) is 0 Å². The first-order chi connectivity index (χ1) is 6.04. The van der Waals surface area contributed by atoms with Crippen LogP contribution in [0.5, 0.6) is 0 Å². The summed E-state index contributed by atoms with van der Waals surface area (Å²) >= 11 is 0. The minimum Gasteiger partial charge on any atom is -0.376 e. The molecule has 1 atom stereocenters. The highest BCUT2D eigenvalue weighted by atomic mass is 16.7. The molecule has 0 fully saturated rings. The van der Waals surface area contributed by atoms with E-state index in [1.165, 1.54) is 0 Å². The molecule has 0 heterocycles. The molecule has 0 aromatic rings. The predicted molar refractivity (Wildman–Crippen MR) is 52.7 cm³/mol. The van der Waals surface area contributed by atoms with E-state index in [2.05, 4.69) is 0 Å². The molecule has 0 aliphatic rings. The minimum atomic E-state index is -0.598. The monoisotopic (exact) mass is 190 g/mol. The summed E-state index contributed by atoms with van der Waals surface area (Å²) in [5.41, 5.74) is 0. The fraction of sp³-hybridized carbons (Fsp3) is 1.00. The second kappa shape index (κ2) is 6.35. The van der Waals surface area contributed by atoms with Crippen molar-refractivity contribution in [2.24, 2.45) is 0 Å². The molecule has 0 aliphatic carbocycles. The maximum absolute atomic E-state index is 5.63. The zero-order valence-corrected chi connectivity index (χ0v) is 9.42. The molecule has 0 spiro atoms. The van der Waals surface area contributed by atoms with Crippen molar-refractivity contribution < 1.29 is 14.2 Å². The standard InChI is InChI=1S/C10H22O3/c1-6-11-8-10(5,12-7-2)13-9(3)4/h9H,6-8H2,1-5H3. The quantitative estimate of drug-likeness (QED) is 0.576. The summed E-state index contributed by atoms with van der Waals surface area (Å²) < 4.78 is 16.4. The molecule has 0 amide bonds. The van der Waals surface area contributed by atoms with Crippen LogP contribution >= 0.6 is 0 Å². The molecule has 0 aliphatic heterocycles. The fourth-order valence-electron chi connectivity index (χ4n) is 1.20. The van der Waals surface area contributed by atoms with E-state index in [0.717, 1.165) is 0 Å². The zero-order chi connectivity index (χ0) is 10.3. The third kappa shape index (κ3) is 6.02. The average molecular weight is 190 g/mol. The van der Waals surface area contributed by atoms with E-state index in [1.807, 2.05) is 34.6 Å². The lowest BCUT2D eigenvalue weighted by molar-refractivity contribution is -0.262. The molecule has 0 aromatic carbocycles. The van der Waals surface area contributed by atoms with Crippen LogP contribution in [0.1, 0.15) is 34.6 Å². The van der Waals surface area contributed by atoms with Gasteiger partial charge < -0.3 is 14.2 Å². The van der Waals surface area contributed by atoms with Crippen molar-refractivity contribution in [2.75, 3.05) is 19.8 Å². The van der Waals surface area contributed by atoms with E-state index >= 15 is 0 Å². The summed E-state index contributed by atoms with van der Waals surface area (Å²) in [7, 11) is 0. The van der Waals surface area contributed by atoms with Crippen molar-refractivity contribution in [1.82, 2.24) is 0 Å². The van der Waals surface area contributed by atoms with Gasteiger partial charge in [-0.2, -0.15) is 0 Å². The molecule has 80 valence electrons. The van der Waals surface area contributed by atoms with Crippen LogP contribution in [0.3, 0.4) is 0 Å². The van der Waals surface area contributed by atoms with Gasteiger partial charge in [0.15, 0.2) is 5.79 Å². The van der Waals surface area contributed by atoms with Gasteiger partial charge in [0.25, 0.3) is 0 Å². The Hall–Kier alpha value is -0.120. The van der Waals surface area contributed by atoms with Gasteiger partial charge in [-0.3, -0.25) is 0 Å². The fourth-order valence-corrected chi connectivity index (χ4v) is 1.20. The molecule has 3 nitrogen and oxygen atoms in total. The Morgan fingerprint density at radius 3 is 2.15 bits per heavy atom. The largest absolute Gasteiger partial charge is 0.376 e. The van der Waals surface area contributed by atoms with Crippen molar-refractivity contribution in [3.63, 3.8) is 0 Å². The van der Waals surface area contributed by atoms with Crippen LogP contribution in [0.25, 0.3) is 0 Å². The molecule has 0 bridgehead atoms. The van der Waals surface area contributed by atoms with Gasteiger partial charge in [-0.05, 0) is 34.6 Å². The van der Waals surface area contributed by atoms with Crippen molar-refractivity contribution in [2.45, 2.75) is 46.5 Å². The summed E-state index contributed by atoms with van der Waals surface area (Å²) in [6.07, 6.45) is 0.150. The molecule has 0 rings (SSSR count). The van der Waals surface area contributed by atoms with Crippen LogP contribution in [0.2, 0.25) is 0 Å². The number of hydrogen-bond donors (Lipinski definition) is 0. The number of hydrogen-bond acceptors (Lipinski definition) is 3. The summed E-state index contributed by atoms with van der Waals surface area (Å²) in [5, 5.41) is 0. The van der Waals surface area contributed by atoms with Crippen molar-refractivity contribution >= 4 is 0 Å². The zero-order valence-electron chi connectivity index (χ0n) is 9.42. The predicted octanol–water partition coefficient (Wildman–Crippen LogP) is 2.20. The Morgan fingerprint density at radius 2 is 1.77 bits per heavy atom. The lowest BCUT2D eigenvalue weighted by atomic mass is 10.3. The normalized spacial score (nSPS) is 16.2. The summed E-state index contributed by atoms with van der Waals surface area (Å²) in [6, 6.07) is 0. The van der Waals surface area contributed by atoms with Gasteiger partial charge in [-0.15, -0.1) is 0 Å². The Labute approximate surface area is 81.4 Å². The van der Waals surface area contributed by atoms with Gasteiger partial charge in [-0.1, -0.05) is 0 Å². The van der Waals surface area contributed by atoms with Gasteiger partial charge in [-0.25, -0.2) is 0 Å². The highest BCUT2D eigenvalue weighted by Crippen LogP contribution is 2.15. The molecule has 3 heteroatoms. The smallest absolute Gasteiger partial charge is 0.189 e. The molecule has 0 N–H and O–H groups in total. The highest BCUT2D eigenvalue weighted by molar-refractivity contribution is 4.63. The lowest BCUT2D eigenvalue weighted by Gasteiger charge is -2.31. The molecule has 0 saturated carbocycles. The topological polar surface area (TPSA) is 27.7 Å². The van der Waals surface area contributed by atoms with Crippen LogP contribution in [-0.4, -0.2) is 31.7 Å². The second-order valence-corrected chi connectivity index (χ2v) is 3.37. The molecule has 0 aromatic heterocycles. The van der Waals surface area contributed by atoms with E-state index in [1.54, 1.807) is 0 Å². The van der Waals surface area contributed by atoms with E-state index in [4.69, 9.17) is 14.2 Å². The van der Waals surface area contributed by atoms with Gasteiger partial charge in [0, 0.05) is 13.2 Å². The first-order valence-corrected chi connectivity index (χ1v) is 4.93. The summed E-state index contributed by atoms with van der Waals surface area (Å²) in [5.74, 6) is -0.598. The Balaban J connectivity index is 3.99. The summed E-state index contributed by atoms with van der Waals surface area (Å²) in [6.45, 7) is 11.6. The highest BCUT2D eigenvalue weighted by Gasteiger charge is 2.26. The molecule has 13 heavy (non-hydrogen) atoms. The van der Waals surface area contributed by atoms with E-state index < -0.39 is 5.79 Å². The van der Waals surface area contributed by atoms with E-state index in [-0.39, 0.29) is 6.10 Å². The van der Waals surface area contributed by atoms with Gasteiger partial charge >= 0.3 is 0 Å². The third-order valence-corrected chi connectivity index (χ3v) is 1.50. The van der Waals surface area contributed by atoms with Crippen LogP contribution < -0.4 is 0 Å². The number of rotatable bonds is 7. The second-order valence-electron chi connectivity index (χ2n) is 3.37. The maximum Gasteiger partial charge on any atom is 0.189 e. The van der Waals surface area contributed by atoms with Crippen molar-refractivity contribution in [1.29, 1.82) is 0 Å². The maximum atomic E-state index is 5.63. The Kier molecular flexibility index (Phi) is 6.29.